The number of carboxylic acid groups (broad SMARTS) is 1. The van der Waals surface area contributed by atoms with Crippen LogP contribution in [-0.4, -0.2) is 44.9 Å². The van der Waals surface area contributed by atoms with E-state index in [0.717, 1.165) is 16.3 Å². The van der Waals surface area contributed by atoms with E-state index >= 15 is 0 Å². The van der Waals surface area contributed by atoms with E-state index in [1.807, 2.05) is 0 Å². The van der Waals surface area contributed by atoms with Crippen molar-refractivity contribution < 1.29 is 42.1 Å². The van der Waals surface area contributed by atoms with Gasteiger partial charge in [0, 0.05) is 18.7 Å². The van der Waals surface area contributed by atoms with Gasteiger partial charge in [0.25, 0.3) is 0 Å². The molecule has 0 saturated carbocycles. The molecule has 0 bridgehead atoms. The fraction of sp³-hybridized carbons (Fsp3) is 0.438. The quantitative estimate of drug-likeness (QED) is 0.256. The molecule has 0 fully saturated rings. The number of anilines is 1. The van der Waals surface area contributed by atoms with Crippen molar-refractivity contribution >= 4 is 23.5 Å². The van der Waals surface area contributed by atoms with Crippen LogP contribution in [0.15, 0.2) is 54.6 Å². The molecule has 3 aromatic rings. The number of halogens is 3. The number of ether oxygens (including phenoxy) is 2. The summed E-state index contributed by atoms with van der Waals surface area (Å²) in [6.07, 6.45) is -4.25. The number of hydrogen-bond donors (Lipinski definition) is 1. The fourth-order valence-electron chi connectivity index (χ4n) is 5.33. The van der Waals surface area contributed by atoms with E-state index in [9.17, 15) is 32.7 Å². The number of hydrogen-bond acceptors (Lipinski definition) is 6. The first-order valence-electron chi connectivity index (χ1n) is 14.4. The Morgan fingerprint density at radius 2 is 1.73 bits per heavy atom. The van der Waals surface area contributed by atoms with E-state index in [-0.39, 0.29) is 30.3 Å². The van der Waals surface area contributed by atoms with Crippen LogP contribution in [0.3, 0.4) is 0 Å². The minimum atomic E-state index is -4.62. The summed E-state index contributed by atoms with van der Waals surface area (Å²) < 4.78 is 53.1. The predicted octanol–water partition coefficient (Wildman–Crippen LogP) is 6.21. The SMILES string of the molecule is CCC(CC(=O)OC(C)(C)C)[C@H](CC(=O)O)C(=O)N1CCc2cc(OCc3cc(C(F)(F)F)n(-c4ccccc4)n3)ccc21. The van der Waals surface area contributed by atoms with Crippen molar-refractivity contribution in [3.8, 4) is 11.4 Å². The Bertz CT molecular complexity index is 1500. The van der Waals surface area contributed by atoms with Crippen LogP contribution in [0, 0.1) is 11.8 Å². The highest BCUT2D eigenvalue weighted by Crippen LogP contribution is 2.36. The summed E-state index contributed by atoms with van der Waals surface area (Å²) in [6.45, 7) is 7.12. The van der Waals surface area contributed by atoms with Gasteiger partial charge >= 0.3 is 18.1 Å². The number of aliphatic carboxylic acids is 1. The molecule has 2 aromatic carbocycles. The van der Waals surface area contributed by atoms with Gasteiger partial charge in [-0.25, -0.2) is 4.68 Å². The average Bonchev–Trinajstić information content (AvgIpc) is 3.57. The first kappa shape index (κ1) is 32.6. The lowest BCUT2D eigenvalue weighted by molar-refractivity contribution is -0.157. The third-order valence-corrected chi connectivity index (χ3v) is 7.30. The molecule has 1 unspecified atom stereocenters. The molecule has 1 aliphatic rings. The highest BCUT2D eigenvalue weighted by Gasteiger charge is 2.38. The number of nitrogens with zero attached hydrogens (tertiary/aromatic N) is 3. The van der Waals surface area contributed by atoms with Crippen LogP contribution in [0.5, 0.6) is 5.75 Å². The predicted molar refractivity (Wildman–Crippen MR) is 155 cm³/mol. The summed E-state index contributed by atoms with van der Waals surface area (Å²) in [5, 5.41) is 13.7. The number of aromatic nitrogens is 2. The fourth-order valence-corrected chi connectivity index (χ4v) is 5.33. The van der Waals surface area contributed by atoms with Gasteiger partial charge in [-0.2, -0.15) is 18.3 Å². The van der Waals surface area contributed by atoms with Gasteiger partial charge < -0.3 is 19.5 Å². The molecule has 1 aromatic heterocycles. The van der Waals surface area contributed by atoms with E-state index in [0.29, 0.717) is 30.8 Å². The van der Waals surface area contributed by atoms with Crippen molar-refractivity contribution in [2.24, 2.45) is 11.8 Å². The van der Waals surface area contributed by atoms with Crippen LogP contribution in [-0.2, 0) is 38.3 Å². The lowest BCUT2D eigenvalue weighted by Crippen LogP contribution is -2.40. The molecule has 0 radical (unpaired) electrons. The van der Waals surface area contributed by atoms with Crippen LogP contribution in [0.1, 0.15) is 63.9 Å². The number of fused-ring (bicyclic) bond motifs is 1. The molecule has 44 heavy (non-hydrogen) atoms. The van der Waals surface area contributed by atoms with Crippen molar-refractivity contribution in [1.82, 2.24) is 9.78 Å². The normalized spacial score (nSPS) is 14.6. The van der Waals surface area contributed by atoms with Crippen molar-refractivity contribution in [3.63, 3.8) is 0 Å². The van der Waals surface area contributed by atoms with Gasteiger partial charge in [-0.3, -0.25) is 14.4 Å². The standard InChI is InChI=1S/C32H36F3N3O6/c1-5-20(16-29(41)44-31(2,3)4)25(18-28(39)40)30(42)37-14-13-21-15-24(11-12-26(21)37)43-19-22-17-27(32(33,34)35)38(36-22)23-9-7-6-8-10-23/h6-12,15,17,20,25H,5,13-14,16,18-19H2,1-4H3,(H,39,40)/t20?,25-/m0/s1. The Kier molecular flexibility index (Phi) is 9.70. The Morgan fingerprint density at radius 1 is 1.02 bits per heavy atom. The minimum absolute atomic E-state index is 0.0823. The molecular weight excluding hydrogens is 579 g/mol. The minimum Gasteiger partial charge on any atom is -0.487 e. The molecule has 0 spiro atoms. The summed E-state index contributed by atoms with van der Waals surface area (Å²) in [5.74, 6) is -3.10. The molecule has 236 valence electrons. The van der Waals surface area contributed by atoms with E-state index in [4.69, 9.17) is 9.47 Å². The first-order chi connectivity index (χ1) is 20.7. The third kappa shape index (κ3) is 7.97. The zero-order valence-corrected chi connectivity index (χ0v) is 25.1. The highest BCUT2D eigenvalue weighted by atomic mass is 19.4. The van der Waals surface area contributed by atoms with Crippen molar-refractivity contribution in [2.45, 2.75) is 71.8 Å². The molecule has 0 saturated heterocycles. The van der Waals surface area contributed by atoms with Gasteiger partial charge in [-0.15, -0.1) is 0 Å². The van der Waals surface area contributed by atoms with Crippen LogP contribution in [0.2, 0.25) is 0 Å². The first-order valence-corrected chi connectivity index (χ1v) is 14.4. The highest BCUT2D eigenvalue weighted by molar-refractivity contribution is 5.99. The number of rotatable bonds is 11. The lowest BCUT2D eigenvalue weighted by atomic mass is 9.83. The maximum absolute atomic E-state index is 13.7. The summed E-state index contributed by atoms with van der Waals surface area (Å²) in [7, 11) is 0. The molecule has 0 aliphatic carbocycles. The van der Waals surface area contributed by atoms with Crippen LogP contribution >= 0.6 is 0 Å². The van der Waals surface area contributed by atoms with Gasteiger partial charge in [0.2, 0.25) is 5.91 Å². The maximum Gasteiger partial charge on any atom is 0.433 e. The van der Waals surface area contributed by atoms with Crippen molar-refractivity contribution in [3.05, 3.63) is 71.5 Å². The summed E-state index contributed by atoms with van der Waals surface area (Å²) in [4.78, 5) is 39.5. The molecule has 2 heterocycles. The molecule has 1 N–H and O–H groups in total. The second kappa shape index (κ2) is 13.1. The largest absolute Gasteiger partial charge is 0.487 e. The van der Waals surface area contributed by atoms with Gasteiger partial charge in [0.15, 0.2) is 0 Å². The molecule has 4 rings (SSSR count). The molecule has 12 heteroatoms. The van der Waals surface area contributed by atoms with Crippen LogP contribution < -0.4 is 9.64 Å². The number of esters is 1. The van der Waals surface area contributed by atoms with E-state index in [1.54, 1.807) is 64.1 Å². The van der Waals surface area contributed by atoms with Crippen LogP contribution in [0.4, 0.5) is 18.9 Å². The van der Waals surface area contributed by atoms with Crippen molar-refractivity contribution in [1.29, 1.82) is 0 Å². The Morgan fingerprint density at radius 3 is 2.34 bits per heavy atom. The second-order valence-corrected chi connectivity index (χ2v) is 11.7. The number of carbonyl (C=O) groups excluding carboxylic acids is 2. The molecule has 2 atom stereocenters. The smallest absolute Gasteiger partial charge is 0.433 e. The number of para-hydroxylation sites is 1. The molecule has 1 amide bonds. The van der Waals surface area contributed by atoms with E-state index in [2.05, 4.69) is 5.10 Å². The zero-order chi connectivity index (χ0) is 32.2. The van der Waals surface area contributed by atoms with Gasteiger partial charge in [-0.1, -0.05) is 31.5 Å². The topological polar surface area (TPSA) is 111 Å². The van der Waals surface area contributed by atoms with E-state index < -0.39 is 47.7 Å². The zero-order valence-electron chi connectivity index (χ0n) is 25.1. The Balaban J connectivity index is 1.49. The number of alkyl halides is 3. The summed E-state index contributed by atoms with van der Waals surface area (Å²) in [5.41, 5.74) is 0.0983. The van der Waals surface area contributed by atoms with Gasteiger partial charge in [-0.05, 0) is 75.1 Å². The number of carbonyl (C=O) groups is 3. The molecular formula is C32H36F3N3O6. The van der Waals surface area contributed by atoms with Gasteiger partial charge in [0.1, 0.15) is 29.3 Å². The number of carboxylic acids is 1. The summed E-state index contributed by atoms with van der Waals surface area (Å²) in [6, 6.07) is 13.9. The maximum atomic E-state index is 13.7. The molecule has 9 nitrogen and oxygen atoms in total. The molecule has 1 aliphatic heterocycles. The Labute approximate surface area is 253 Å². The summed E-state index contributed by atoms with van der Waals surface area (Å²) >= 11 is 0. The number of benzene rings is 2. The van der Waals surface area contributed by atoms with Gasteiger partial charge in [0.05, 0.1) is 18.0 Å². The van der Waals surface area contributed by atoms with Crippen molar-refractivity contribution in [2.75, 3.05) is 11.4 Å². The Hall–Kier alpha value is -4.35. The monoisotopic (exact) mass is 615 g/mol. The average molecular weight is 616 g/mol. The lowest BCUT2D eigenvalue weighted by Gasteiger charge is -2.29. The number of amides is 1. The van der Waals surface area contributed by atoms with Crippen LogP contribution in [0.25, 0.3) is 5.69 Å². The third-order valence-electron chi connectivity index (χ3n) is 7.30. The second-order valence-electron chi connectivity index (χ2n) is 11.7. The van der Waals surface area contributed by atoms with E-state index in [1.165, 1.54) is 17.0 Å².